The number of nitrogens with zero attached hydrogens (tertiary/aromatic N) is 2. The first-order valence-electron chi connectivity index (χ1n) is 5.37. The monoisotopic (exact) mass is 256 g/mol. The molecule has 2 rings (SSSR count). The van der Waals surface area contributed by atoms with Crippen molar-refractivity contribution in [2.45, 2.75) is 6.42 Å². The van der Waals surface area contributed by atoms with Gasteiger partial charge in [0, 0.05) is 25.6 Å². The maximum atomic E-state index is 10.9. The third kappa shape index (κ3) is 2.68. The first kappa shape index (κ1) is 12.1. The summed E-state index contributed by atoms with van der Waals surface area (Å²) in [6.45, 7) is 1.59. The van der Waals surface area contributed by atoms with Crippen LogP contribution >= 0.6 is 11.6 Å². The second-order valence-corrected chi connectivity index (χ2v) is 4.51. The van der Waals surface area contributed by atoms with Gasteiger partial charge in [-0.15, -0.1) is 0 Å². The average molecular weight is 257 g/mol. The summed E-state index contributed by atoms with van der Waals surface area (Å²) in [5, 5.41) is 18.2. The lowest BCUT2D eigenvalue weighted by Gasteiger charge is -2.17. The van der Waals surface area contributed by atoms with Crippen molar-refractivity contribution in [3.63, 3.8) is 0 Å². The van der Waals surface area contributed by atoms with E-state index in [1.54, 1.807) is 0 Å². The van der Waals surface area contributed by atoms with E-state index in [4.69, 9.17) is 21.8 Å². The summed E-state index contributed by atoms with van der Waals surface area (Å²) in [4.78, 5) is 17.0. The largest absolute Gasteiger partial charge is 0.478 e. The summed E-state index contributed by atoms with van der Waals surface area (Å²) < 4.78 is 0. The molecule has 1 unspecified atom stereocenters. The van der Waals surface area contributed by atoms with Crippen LogP contribution in [0.5, 0.6) is 0 Å². The Kier molecular flexibility index (Phi) is 3.49. The van der Waals surface area contributed by atoms with Crippen LogP contribution in [0.3, 0.4) is 0 Å². The van der Waals surface area contributed by atoms with Crippen LogP contribution in [0.2, 0.25) is 5.15 Å². The summed E-state index contributed by atoms with van der Waals surface area (Å²) in [6, 6.07) is 2.83. The van der Waals surface area contributed by atoms with E-state index in [1.807, 2.05) is 4.90 Å². The van der Waals surface area contributed by atoms with Crippen molar-refractivity contribution in [1.29, 1.82) is 0 Å². The van der Waals surface area contributed by atoms with Crippen LogP contribution < -0.4 is 4.90 Å². The van der Waals surface area contributed by atoms with Crippen molar-refractivity contribution in [2.24, 2.45) is 5.92 Å². The van der Waals surface area contributed by atoms with Crippen molar-refractivity contribution >= 4 is 23.4 Å². The van der Waals surface area contributed by atoms with Gasteiger partial charge in [-0.2, -0.15) is 0 Å². The lowest BCUT2D eigenvalue weighted by atomic mass is 10.1. The number of aliphatic hydroxyl groups excluding tert-OH is 1. The van der Waals surface area contributed by atoms with Crippen LogP contribution in [0.1, 0.15) is 16.8 Å². The zero-order chi connectivity index (χ0) is 12.4. The molecule has 1 atom stereocenters. The molecular formula is C11H13ClN2O3. The number of carbonyl (C=O) groups is 1. The van der Waals surface area contributed by atoms with Crippen LogP contribution in [0.15, 0.2) is 12.1 Å². The van der Waals surface area contributed by atoms with E-state index >= 15 is 0 Å². The van der Waals surface area contributed by atoms with Crippen LogP contribution in [0, 0.1) is 5.92 Å². The number of carboxylic acid groups (broad SMARTS) is 1. The molecule has 6 heteroatoms. The molecule has 1 aliphatic rings. The number of carboxylic acids is 1. The van der Waals surface area contributed by atoms with E-state index in [0.29, 0.717) is 12.4 Å². The van der Waals surface area contributed by atoms with E-state index in [2.05, 4.69) is 4.98 Å². The van der Waals surface area contributed by atoms with Gasteiger partial charge in [0.05, 0.1) is 5.56 Å². The number of anilines is 1. The molecule has 92 valence electrons. The van der Waals surface area contributed by atoms with Gasteiger partial charge in [0.1, 0.15) is 11.0 Å². The molecule has 0 aromatic carbocycles. The number of halogens is 1. The third-order valence-electron chi connectivity index (χ3n) is 2.90. The van der Waals surface area contributed by atoms with E-state index in [-0.39, 0.29) is 23.2 Å². The van der Waals surface area contributed by atoms with E-state index in [9.17, 15) is 4.79 Å². The molecule has 0 amide bonds. The van der Waals surface area contributed by atoms with Gasteiger partial charge in [0.15, 0.2) is 0 Å². The Morgan fingerprint density at radius 2 is 2.35 bits per heavy atom. The molecule has 0 spiro atoms. The molecule has 0 radical (unpaired) electrons. The fraction of sp³-hybridized carbons (Fsp3) is 0.455. The van der Waals surface area contributed by atoms with E-state index in [1.165, 1.54) is 12.1 Å². The van der Waals surface area contributed by atoms with Crippen molar-refractivity contribution in [3.8, 4) is 0 Å². The summed E-state index contributed by atoms with van der Waals surface area (Å²) >= 11 is 5.79. The van der Waals surface area contributed by atoms with Crippen molar-refractivity contribution in [3.05, 3.63) is 22.8 Å². The number of pyridine rings is 1. The second-order valence-electron chi connectivity index (χ2n) is 4.13. The van der Waals surface area contributed by atoms with E-state index in [0.717, 1.165) is 13.0 Å². The van der Waals surface area contributed by atoms with Crippen LogP contribution in [-0.2, 0) is 0 Å². The molecule has 1 saturated heterocycles. The highest BCUT2D eigenvalue weighted by atomic mass is 35.5. The number of hydrogen-bond acceptors (Lipinski definition) is 4. The Balaban J connectivity index is 2.24. The minimum atomic E-state index is -1.02. The van der Waals surface area contributed by atoms with Gasteiger partial charge in [-0.1, -0.05) is 11.6 Å². The molecule has 1 aromatic heterocycles. The Hall–Kier alpha value is -1.33. The van der Waals surface area contributed by atoms with Crippen LogP contribution in [0.4, 0.5) is 5.82 Å². The lowest BCUT2D eigenvalue weighted by Crippen LogP contribution is -2.22. The molecule has 17 heavy (non-hydrogen) atoms. The van der Waals surface area contributed by atoms with Gasteiger partial charge < -0.3 is 15.1 Å². The molecule has 1 aliphatic heterocycles. The van der Waals surface area contributed by atoms with Gasteiger partial charge in [0.2, 0.25) is 0 Å². The van der Waals surface area contributed by atoms with Crippen molar-refractivity contribution in [2.75, 3.05) is 24.6 Å². The zero-order valence-electron chi connectivity index (χ0n) is 9.14. The fourth-order valence-electron chi connectivity index (χ4n) is 1.96. The minimum Gasteiger partial charge on any atom is -0.478 e. The lowest BCUT2D eigenvalue weighted by molar-refractivity contribution is 0.0697. The molecule has 0 aliphatic carbocycles. The topological polar surface area (TPSA) is 73.7 Å². The van der Waals surface area contributed by atoms with Crippen LogP contribution in [-0.4, -0.2) is 40.9 Å². The molecule has 5 nitrogen and oxygen atoms in total. The second kappa shape index (κ2) is 4.89. The number of aromatic carboxylic acids is 1. The first-order chi connectivity index (χ1) is 8.10. The number of aliphatic hydroxyl groups is 1. The molecule has 0 saturated carbocycles. The smallest absolute Gasteiger partial charge is 0.335 e. The van der Waals surface area contributed by atoms with Gasteiger partial charge in [-0.25, -0.2) is 9.78 Å². The third-order valence-corrected chi connectivity index (χ3v) is 3.09. The normalized spacial score (nSPS) is 19.6. The van der Waals surface area contributed by atoms with Crippen molar-refractivity contribution in [1.82, 2.24) is 4.98 Å². The predicted octanol–water partition coefficient (Wildman–Crippen LogP) is 1.25. The Bertz CT molecular complexity index is 439. The quantitative estimate of drug-likeness (QED) is 0.797. The van der Waals surface area contributed by atoms with Gasteiger partial charge >= 0.3 is 5.97 Å². The summed E-state index contributed by atoms with van der Waals surface area (Å²) in [7, 11) is 0. The van der Waals surface area contributed by atoms with Crippen LogP contribution in [0.25, 0.3) is 0 Å². The summed E-state index contributed by atoms with van der Waals surface area (Å²) in [5.74, 6) is -0.233. The molecule has 0 bridgehead atoms. The highest BCUT2D eigenvalue weighted by Gasteiger charge is 2.23. The fourth-order valence-corrected chi connectivity index (χ4v) is 2.16. The molecular weight excluding hydrogens is 244 g/mol. The maximum absolute atomic E-state index is 10.9. The first-order valence-corrected chi connectivity index (χ1v) is 5.74. The number of aromatic nitrogens is 1. The standard InChI is InChI=1S/C11H13ClN2O3/c12-9-3-8(11(16)17)4-10(13-9)14-2-1-7(5-14)6-15/h3-4,7,15H,1-2,5-6H2,(H,16,17). The highest BCUT2D eigenvalue weighted by Crippen LogP contribution is 2.24. The predicted molar refractivity (Wildman–Crippen MR) is 63.6 cm³/mol. The van der Waals surface area contributed by atoms with Gasteiger partial charge in [-0.3, -0.25) is 0 Å². The summed E-state index contributed by atoms with van der Waals surface area (Å²) in [5.41, 5.74) is 0.132. The highest BCUT2D eigenvalue weighted by molar-refractivity contribution is 6.29. The SMILES string of the molecule is O=C(O)c1cc(Cl)nc(N2CCC(CO)C2)c1. The molecule has 1 fully saturated rings. The molecule has 1 aromatic rings. The number of rotatable bonds is 3. The average Bonchev–Trinajstić information content (AvgIpc) is 2.76. The minimum absolute atomic E-state index is 0.132. The Labute approximate surface area is 104 Å². The van der Waals surface area contributed by atoms with Crippen molar-refractivity contribution < 1.29 is 15.0 Å². The Morgan fingerprint density at radius 1 is 1.59 bits per heavy atom. The maximum Gasteiger partial charge on any atom is 0.335 e. The molecule has 2 heterocycles. The van der Waals surface area contributed by atoms with E-state index < -0.39 is 5.97 Å². The van der Waals surface area contributed by atoms with Gasteiger partial charge in [-0.05, 0) is 18.6 Å². The summed E-state index contributed by atoms with van der Waals surface area (Å²) in [6.07, 6.45) is 0.882. The number of hydrogen-bond donors (Lipinski definition) is 2. The zero-order valence-corrected chi connectivity index (χ0v) is 9.89. The Morgan fingerprint density at radius 3 is 2.94 bits per heavy atom. The van der Waals surface area contributed by atoms with Gasteiger partial charge in [0.25, 0.3) is 0 Å². The molecule has 2 N–H and O–H groups in total.